The summed E-state index contributed by atoms with van der Waals surface area (Å²) in [6.07, 6.45) is 2.26. The SMILES string of the molecule is CCNC(=O)C(C)NC1CC(c2ccc(C)cc2)C1. The Morgan fingerprint density at radius 2 is 1.95 bits per heavy atom. The van der Waals surface area contributed by atoms with Crippen LogP contribution in [0.15, 0.2) is 24.3 Å². The Kier molecular flexibility index (Phi) is 4.59. The number of amides is 1. The molecule has 0 radical (unpaired) electrons. The van der Waals surface area contributed by atoms with Gasteiger partial charge in [0.05, 0.1) is 6.04 Å². The van der Waals surface area contributed by atoms with Crippen LogP contribution in [0.1, 0.15) is 43.7 Å². The van der Waals surface area contributed by atoms with Crippen LogP contribution in [0, 0.1) is 6.92 Å². The summed E-state index contributed by atoms with van der Waals surface area (Å²) in [6, 6.07) is 9.18. The Bertz CT molecular complexity index is 421. The largest absolute Gasteiger partial charge is 0.355 e. The molecule has 1 aromatic rings. The summed E-state index contributed by atoms with van der Waals surface area (Å²) in [6.45, 7) is 6.69. The molecule has 0 heterocycles. The molecule has 0 bridgehead atoms. The fourth-order valence-corrected chi connectivity index (χ4v) is 2.62. The maximum Gasteiger partial charge on any atom is 0.236 e. The van der Waals surface area contributed by atoms with E-state index in [0.29, 0.717) is 18.5 Å². The Morgan fingerprint density at radius 3 is 2.53 bits per heavy atom. The number of carbonyl (C=O) groups excluding carboxylic acids is 1. The van der Waals surface area contributed by atoms with Crippen molar-refractivity contribution in [2.45, 2.75) is 51.6 Å². The zero-order valence-electron chi connectivity index (χ0n) is 12.1. The van der Waals surface area contributed by atoms with Gasteiger partial charge in [-0.05, 0) is 45.1 Å². The number of hydrogen-bond donors (Lipinski definition) is 2. The predicted molar refractivity (Wildman–Crippen MR) is 78.2 cm³/mol. The van der Waals surface area contributed by atoms with Crippen LogP contribution in [0.2, 0.25) is 0 Å². The highest BCUT2D eigenvalue weighted by Crippen LogP contribution is 2.37. The average Bonchev–Trinajstić information content (AvgIpc) is 2.35. The van der Waals surface area contributed by atoms with E-state index in [2.05, 4.69) is 41.8 Å². The van der Waals surface area contributed by atoms with E-state index in [-0.39, 0.29) is 11.9 Å². The van der Waals surface area contributed by atoms with Crippen molar-refractivity contribution in [1.82, 2.24) is 10.6 Å². The molecule has 1 atom stereocenters. The minimum Gasteiger partial charge on any atom is -0.355 e. The molecular formula is C16H24N2O. The van der Waals surface area contributed by atoms with Crippen LogP contribution in [0.25, 0.3) is 0 Å². The Labute approximate surface area is 115 Å². The van der Waals surface area contributed by atoms with E-state index in [0.717, 1.165) is 12.8 Å². The summed E-state index contributed by atoms with van der Waals surface area (Å²) in [7, 11) is 0. The highest BCUT2D eigenvalue weighted by molar-refractivity contribution is 5.81. The number of likely N-dealkylation sites (N-methyl/N-ethyl adjacent to an activating group) is 1. The summed E-state index contributed by atoms with van der Waals surface area (Å²) in [5.41, 5.74) is 2.73. The first kappa shape index (κ1) is 14.1. The monoisotopic (exact) mass is 260 g/mol. The molecule has 2 N–H and O–H groups in total. The molecule has 1 fully saturated rings. The van der Waals surface area contributed by atoms with Gasteiger partial charge in [0.15, 0.2) is 0 Å². The molecule has 104 valence electrons. The van der Waals surface area contributed by atoms with Crippen LogP contribution in [-0.2, 0) is 4.79 Å². The topological polar surface area (TPSA) is 41.1 Å². The van der Waals surface area contributed by atoms with Crippen molar-refractivity contribution >= 4 is 5.91 Å². The van der Waals surface area contributed by atoms with Gasteiger partial charge in [0, 0.05) is 12.6 Å². The normalized spacial score (nSPS) is 23.5. The first-order valence-electron chi connectivity index (χ1n) is 7.20. The standard InChI is InChI=1S/C16H24N2O/c1-4-17-16(19)12(3)18-15-9-14(10-15)13-7-5-11(2)6-8-13/h5-8,12,14-15,18H,4,9-10H2,1-3H3,(H,17,19). The third kappa shape index (κ3) is 3.57. The van der Waals surface area contributed by atoms with Gasteiger partial charge in [-0.2, -0.15) is 0 Å². The Hall–Kier alpha value is -1.35. The number of benzene rings is 1. The molecule has 1 aliphatic rings. The number of hydrogen-bond acceptors (Lipinski definition) is 2. The van der Waals surface area contributed by atoms with Gasteiger partial charge >= 0.3 is 0 Å². The summed E-state index contributed by atoms with van der Waals surface area (Å²) in [5.74, 6) is 0.751. The predicted octanol–water partition coefficient (Wildman–Crippen LogP) is 2.36. The van der Waals surface area contributed by atoms with Crippen LogP contribution in [0.3, 0.4) is 0 Å². The van der Waals surface area contributed by atoms with Crippen LogP contribution in [0.5, 0.6) is 0 Å². The van der Waals surface area contributed by atoms with Crippen LogP contribution >= 0.6 is 0 Å². The molecule has 0 aliphatic heterocycles. The lowest BCUT2D eigenvalue weighted by Gasteiger charge is -2.38. The van der Waals surface area contributed by atoms with E-state index >= 15 is 0 Å². The summed E-state index contributed by atoms with van der Waals surface area (Å²) in [5, 5.41) is 6.25. The minimum absolute atomic E-state index is 0.0936. The van der Waals surface area contributed by atoms with Gasteiger partial charge in [0.1, 0.15) is 0 Å². The second kappa shape index (κ2) is 6.20. The lowest BCUT2D eigenvalue weighted by molar-refractivity contribution is -0.123. The zero-order chi connectivity index (χ0) is 13.8. The smallest absolute Gasteiger partial charge is 0.236 e. The van der Waals surface area contributed by atoms with Crippen molar-refractivity contribution in [3.05, 3.63) is 35.4 Å². The van der Waals surface area contributed by atoms with E-state index in [1.807, 2.05) is 13.8 Å². The Morgan fingerprint density at radius 1 is 1.32 bits per heavy atom. The van der Waals surface area contributed by atoms with Crippen molar-refractivity contribution in [1.29, 1.82) is 0 Å². The quantitative estimate of drug-likeness (QED) is 0.853. The molecule has 0 aromatic heterocycles. The van der Waals surface area contributed by atoms with Gasteiger partial charge in [-0.1, -0.05) is 29.8 Å². The molecule has 1 aliphatic carbocycles. The lowest BCUT2D eigenvalue weighted by Crippen LogP contribution is -2.50. The van der Waals surface area contributed by atoms with Gasteiger partial charge in [0.25, 0.3) is 0 Å². The molecule has 2 rings (SSSR count). The fraction of sp³-hybridized carbons (Fsp3) is 0.562. The van der Waals surface area contributed by atoms with Gasteiger partial charge in [-0.3, -0.25) is 4.79 Å². The van der Waals surface area contributed by atoms with Gasteiger partial charge in [-0.25, -0.2) is 0 Å². The Balaban J connectivity index is 1.77. The maximum atomic E-state index is 11.6. The molecule has 0 spiro atoms. The highest BCUT2D eigenvalue weighted by atomic mass is 16.2. The van der Waals surface area contributed by atoms with E-state index in [9.17, 15) is 4.79 Å². The van der Waals surface area contributed by atoms with E-state index in [4.69, 9.17) is 0 Å². The van der Waals surface area contributed by atoms with E-state index in [1.54, 1.807) is 0 Å². The van der Waals surface area contributed by atoms with Crippen molar-refractivity contribution in [3.8, 4) is 0 Å². The number of rotatable bonds is 5. The van der Waals surface area contributed by atoms with Crippen LogP contribution < -0.4 is 10.6 Å². The molecule has 0 saturated heterocycles. The van der Waals surface area contributed by atoms with Crippen molar-refractivity contribution in [3.63, 3.8) is 0 Å². The van der Waals surface area contributed by atoms with Crippen LogP contribution in [0.4, 0.5) is 0 Å². The molecule has 1 unspecified atom stereocenters. The lowest BCUT2D eigenvalue weighted by atomic mass is 9.75. The minimum atomic E-state index is -0.0936. The van der Waals surface area contributed by atoms with E-state index in [1.165, 1.54) is 11.1 Å². The van der Waals surface area contributed by atoms with Crippen molar-refractivity contribution in [2.75, 3.05) is 6.54 Å². The zero-order valence-corrected chi connectivity index (χ0v) is 12.1. The van der Waals surface area contributed by atoms with Gasteiger partial charge in [0.2, 0.25) is 5.91 Å². The third-order valence-corrected chi connectivity index (χ3v) is 3.92. The number of carbonyl (C=O) groups is 1. The molecule has 3 nitrogen and oxygen atoms in total. The first-order valence-corrected chi connectivity index (χ1v) is 7.20. The van der Waals surface area contributed by atoms with Crippen molar-refractivity contribution in [2.24, 2.45) is 0 Å². The first-order chi connectivity index (χ1) is 9.10. The highest BCUT2D eigenvalue weighted by Gasteiger charge is 2.31. The van der Waals surface area contributed by atoms with E-state index < -0.39 is 0 Å². The number of nitrogens with one attached hydrogen (secondary N) is 2. The average molecular weight is 260 g/mol. The summed E-state index contributed by atoms with van der Waals surface area (Å²) < 4.78 is 0. The second-order valence-corrected chi connectivity index (χ2v) is 5.56. The van der Waals surface area contributed by atoms with Crippen LogP contribution in [-0.4, -0.2) is 24.5 Å². The molecule has 1 saturated carbocycles. The summed E-state index contributed by atoms with van der Waals surface area (Å²) >= 11 is 0. The fourth-order valence-electron chi connectivity index (χ4n) is 2.62. The molecular weight excluding hydrogens is 236 g/mol. The summed E-state index contributed by atoms with van der Waals surface area (Å²) in [4.78, 5) is 11.6. The molecule has 1 amide bonds. The molecule has 19 heavy (non-hydrogen) atoms. The maximum absolute atomic E-state index is 11.6. The van der Waals surface area contributed by atoms with Gasteiger partial charge < -0.3 is 10.6 Å². The second-order valence-electron chi connectivity index (χ2n) is 5.56. The van der Waals surface area contributed by atoms with Crippen molar-refractivity contribution < 1.29 is 4.79 Å². The number of aryl methyl sites for hydroxylation is 1. The molecule has 3 heteroatoms. The van der Waals surface area contributed by atoms with Gasteiger partial charge in [-0.15, -0.1) is 0 Å². The molecule has 1 aromatic carbocycles. The third-order valence-electron chi connectivity index (χ3n) is 3.92.